The molecule has 1 heterocycles. The Morgan fingerprint density at radius 2 is 1.82 bits per heavy atom. The third-order valence-corrected chi connectivity index (χ3v) is 2.44. The Hall–Kier alpha value is -0.930. The molecule has 0 amide bonds. The first-order valence-corrected chi connectivity index (χ1v) is 6.15. The van der Waals surface area contributed by atoms with E-state index >= 15 is 0 Å². The van der Waals surface area contributed by atoms with Gasteiger partial charge in [0.2, 0.25) is 0 Å². The first-order valence-electron chi connectivity index (χ1n) is 4.75. The number of alkyl halides is 3. The first-order chi connectivity index (χ1) is 7.63. The van der Waals surface area contributed by atoms with Crippen LogP contribution in [0.1, 0.15) is 26.7 Å². The second-order valence-electron chi connectivity index (χ2n) is 3.02. The molecule has 1 rings (SSSR count). The van der Waals surface area contributed by atoms with Crippen molar-refractivity contribution < 1.29 is 31.5 Å². The average Bonchev–Trinajstić information content (AvgIpc) is 2.62. The van der Waals surface area contributed by atoms with E-state index in [4.69, 9.17) is 13.0 Å². The van der Waals surface area contributed by atoms with Crippen LogP contribution in [-0.2, 0) is 10.1 Å². The van der Waals surface area contributed by atoms with Crippen molar-refractivity contribution in [3.05, 3.63) is 11.4 Å². The van der Waals surface area contributed by atoms with Crippen molar-refractivity contribution in [3.8, 4) is 0 Å². The molecule has 0 bridgehead atoms. The molecule has 0 aliphatic carbocycles. The minimum absolute atomic E-state index is 1.07. The summed E-state index contributed by atoms with van der Waals surface area (Å²) in [5.41, 5.74) is -2.98. The number of quaternary nitrogens is 1. The topological polar surface area (TPSA) is 86.2 Å². The van der Waals surface area contributed by atoms with Gasteiger partial charge in [0.15, 0.2) is 16.5 Å². The Balaban J connectivity index is 0.000000304. The first kappa shape index (κ1) is 16.1. The molecular weight excluding hydrogens is 261 g/mol. The van der Waals surface area contributed by atoms with Gasteiger partial charge in [0.25, 0.3) is 0 Å². The Bertz CT molecular complexity index is 412. The van der Waals surface area contributed by atoms with Crippen LogP contribution in [0.25, 0.3) is 0 Å². The number of aliphatic imine (C=N–C) groups is 1. The summed E-state index contributed by atoms with van der Waals surface area (Å²) in [7, 11) is -6.09. The molecule has 0 atom stereocenters. The molecule has 0 radical (unpaired) electrons. The van der Waals surface area contributed by atoms with Gasteiger partial charge in [-0.15, -0.1) is 0 Å². The van der Waals surface area contributed by atoms with E-state index in [9.17, 15) is 13.2 Å². The smallest absolute Gasteiger partial charge is 0.485 e. The quantitative estimate of drug-likeness (QED) is 0.593. The molecule has 0 unspecified atom stereocenters. The number of hydrogen-bond acceptors (Lipinski definition) is 4. The number of hydrogen-bond donors (Lipinski definition) is 1. The summed E-state index contributed by atoms with van der Waals surface area (Å²) in [6.07, 6.45) is 4.07. The molecule has 1 aliphatic rings. The van der Waals surface area contributed by atoms with Gasteiger partial charge in [-0.2, -0.15) is 13.2 Å². The molecule has 5 nitrogen and oxygen atoms in total. The van der Waals surface area contributed by atoms with Gasteiger partial charge in [0.1, 0.15) is 11.4 Å². The molecule has 0 saturated heterocycles. The summed E-state index contributed by atoms with van der Waals surface area (Å²) in [5.74, 6) is 0. The largest absolute Gasteiger partial charge is 0.741 e. The lowest BCUT2D eigenvalue weighted by Gasteiger charge is -2.08. The Morgan fingerprint density at radius 3 is 2.06 bits per heavy atom. The number of rotatable bonds is 2. The van der Waals surface area contributed by atoms with Crippen molar-refractivity contribution >= 4 is 16.5 Å². The summed E-state index contributed by atoms with van der Waals surface area (Å²) in [6, 6.07) is 0. The fourth-order valence-electron chi connectivity index (χ4n) is 1.04. The molecule has 2 N–H and O–H groups in total. The minimum Gasteiger partial charge on any atom is -0.741 e. The monoisotopic (exact) mass is 274 g/mol. The molecule has 0 aromatic carbocycles. The number of allylic oxidation sites excluding steroid dienone is 2. The van der Waals surface area contributed by atoms with Crippen molar-refractivity contribution in [1.29, 1.82) is 0 Å². The summed E-state index contributed by atoms with van der Waals surface area (Å²) in [6.45, 7) is 4.30. The van der Waals surface area contributed by atoms with Crippen molar-refractivity contribution in [2.24, 2.45) is 4.99 Å². The fourth-order valence-corrected chi connectivity index (χ4v) is 1.04. The number of nitrogens with zero attached hydrogens (tertiary/aromatic N) is 1. The SMILES string of the molecule is CCC1=C(CC)[NH2+]C=N1.O=S(=O)([O-])C(F)(F)F. The molecule has 17 heavy (non-hydrogen) atoms. The predicted octanol–water partition coefficient (Wildman–Crippen LogP) is 0.675. The van der Waals surface area contributed by atoms with Crippen molar-refractivity contribution in [1.82, 2.24) is 0 Å². The third kappa shape index (κ3) is 5.29. The van der Waals surface area contributed by atoms with E-state index < -0.39 is 15.6 Å². The molecule has 0 aromatic heterocycles. The van der Waals surface area contributed by atoms with Crippen LogP contribution in [0, 0.1) is 0 Å². The van der Waals surface area contributed by atoms with E-state index in [2.05, 4.69) is 24.2 Å². The molecule has 100 valence electrons. The van der Waals surface area contributed by atoms with Gasteiger partial charge >= 0.3 is 5.51 Å². The maximum Gasteiger partial charge on any atom is 0.485 e. The molecule has 1 aliphatic heterocycles. The van der Waals surface area contributed by atoms with Gasteiger partial charge in [-0.25, -0.2) is 13.4 Å². The predicted molar refractivity (Wildman–Crippen MR) is 53.8 cm³/mol. The van der Waals surface area contributed by atoms with E-state index in [1.54, 1.807) is 0 Å². The van der Waals surface area contributed by atoms with E-state index in [0.29, 0.717) is 0 Å². The zero-order chi connectivity index (χ0) is 13.7. The summed E-state index contributed by atoms with van der Waals surface area (Å²) in [4.78, 5) is 4.21. The van der Waals surface area contributed by atoms with Crippen LogP contribution >= 0.6 is 0 Å². The Morgan fingerprint density at radius 1 is 1.35 bits per heavy atom. The van der Waals surface area contributed by atoms with Crippen LogP contribution in [0.4, 0.5) is 13.2 Å². The third-order valence-electron chi connectivity index (χ3n) is 1.88. The molecule has 9 heteroatoms. The highest BCUT2D eigenvalue weighted by Crippen LogP contribution is 2.20. The average molecular weight is 274 g/mol. The summed E-state index contributed by atoms with van der Waals surface area (Å²) < 4.78 is 58.9. The van der Waals surface area contributed by atoms with Crippen LogP contribution in [0.15, 0.2) is 16.4 Å². The highest BCUT2D eigenvalue weighted by atomic mass is 32.2. The molecule has 0 spiro atoms. The van der Waals surface area contributed by atoms with Gasteiger partial charge in [-0.1, -0.05) is 13.8 Å². The Kier molecular flexibility index (Phi) is 5.79. The maximum atomic E-state index is 10.7. The number of halogens is 3. The van der Waals surface area contributed by atoms with Gasteiger partial charge in [-0.3, -0.25) is 5.32 Å². The van der Waals surface area contributed by atoms with Gasteiger partial charge in [0, 0.05) is 6.42 Å². The van der Waals surface area contributed by atoms with Crippen LogP contribution in [0.2, 0.25) is 0 Å². The molecule has 0 saturated carbocycles. The molecule has 0 aromatic rings. The van der Waals surface area contributed by atoms with Gasteiger partial charge in [-0.05, 0) is 6.42 Å². The minimum atomic E-state index is -6.09. The van der Waals surface area contributed by atoms with Crippen LogP contribution < -0.4 is 5.32 Å². The second kappa shape index (κ2) is 6.12. The van der Waals surface area contributed by atoms with E-state index in [-0.39, 0.29) is 0 Å². The lowest BCUT2D eigenvalue weighted by molar-refractivity contribution is -0.473. The summed E-state index contributed by atoms with van der Waals surface area (Å²) >= 11 is 0. The van der Waals surface area contributed by atoms with E-state index in [0.717, 1.165) is 12.8 Å². The van der Waals surface area contributed by atoms with Crippen molar-refractivity contribution in [3.63, 3.8) is 0 Å². The molecular formula is C8H13F3N2O3S. The van der Waals surface area contributed by atoms with Crippen LogP contribution in [-0.4, -0.2) is 24.8 Å². The van der Waals surface area contributed by atoms with Crippen molar-refractivity contribution in [2.75, 3.05) is 0 Å². The second-order valence-corrected chi connectivity index (χ2v) is 4.39. The van der Waals surface area contributed by atoms with Crippen LogP contribution in [0.5, 0.6) is 0 Å². The maximum absolute atomic E-state index is 10.7. The summed E-state index contributed by atoms with van der Waals surface area (Å²) in [5, 5.41) is 2.10. The van der Waals surface area contributed by atoms with Gasteiger partial charge < -0.3 is 4.55 Å². The number of nitrogens with two attached hydrogens (primary N) is 1. The highest BCUT2D eigenvalue weighted by Gasteiger charge is 2.36. The zero-order valence-electron chi connectivity index (χ0n) is 9.28. The molecule has 0 fully saturated rings. The Labute approximate surface area is 97.2 Å². The van der Waals surface area contributed by atoms with E-state index in [1.807, 2.05) is 6.34 Å². The highest BCUT2D eigenvalue weighted by molar-refractivity contribution is 7.86. The van der Waals surface area contributed by atoms with Crippen molar-refractivity contribution in [2.45, 2.75) is 32.2 Å². The standard InChI is InChI=1S/C7H12N2.CHF3O3S/c1-3-6-7(4-2)9-5-8-6;2-1(3,4)8(5,6)7/h5H,3-4H2,1-2H3,(H,8,9);(H,5,6,7). The lowest BCUT2D eigenvalue weighted by atomic mass is 10.2. The zero-order valence-corrected chi connectivity index (χ0v) is 10.1. The van der Waals surface area contributed by atoms with Crippen LogP contribution in [0.3, 0.4) is 0 Å². The normalized spacial score (nSPS) is 15.9. The van der Waals surface area contributed by atoms with Gasteiger partial charge in [0.05, 0.1) is 0 Å². The lowest BCUT2D eigenvalue weighted by Crippen LogP contribution is -2.78. The fraction of sp³-hybridized carbons (Fsp3) is 0.625. The van der Waals surface area contributed by atoms with E-state index in [1.165, 1.54) is 11.4 Å².